The zero-order chi connectivity index (χ0) is 16.7. The first-order valence-electron chi connectivity index (χ1n) is 7.76. The van der Waals surface area contributed by atoms with Crippen LogP contribution in [0.2, 0.25) is 0 Å². The standard InChI is InChI=1S/C16H21F3N2OS/c17-16(18,19)12-23-14-8-4-3-7-13(14)20-11-15(22)21-9-5-1-2-6-10-21/h3-4,7-8,20H,1-2,5-6,9-12H2. The third kappa shape index (κ3) is 6.33. The fourth-order valence-electron chi connectivity index (χ4n) is 2.50. The molecule has 3 nitrogen and oxygen atoms in total. The molecule has 1 aliphatic rings. The number of carbonyl (C=O) groups excluding carboxylic acids is 1. The van der Waals surface area contributed by atoms with E-state index < -0.39 is 11.9 Å². The van der Waals surface area contributed by atoms with Crippen LogP contribution in [0.1, 0.15) is 25.7 Å². The second-order valence-corrected chi connectivity index (χ2v) is 6.57. The van der Waals surface area contributed by atoms with Crippen LogP contribution in [0.3, 0.4) is 0 Å². The van der Waals surface area contributed by atoms with Crippen molar-refractivity contribution in [2.24, 2.45) is 0 Å². The van der Waals surface area contributed by atoms with E-state index in [9.17, 15) is 18.0 Å². The molecule has 1 saturated heterocycles. The summed E-state index contributed by atoms with van der Waals surface area (Å²) < 4.78 is 37.1. The van der Waals surface area contributed by atoms with Gasteiger partial charge in [0, 0.05) is 23.7 Å². The molecule has 1 aromatic rings. The Labute approximate surface area is 138 Å². The number of nitrogens with one attached hydrogen (secondary N) is 1. The Hall–Kier alpha value is -1.37. The third-order valence-electron chi connectivity index (χ3n) is 3.67. The van der Waals surface area contributed by atoms with Crippen LogP contribution < -0.4 is 5.32 Å². The Morgan fingerprint density at radius 1 is 1.13 bits per heavy atom. The molecule has 1 heterocycles. The third-order valence-corrected chi connectivity index (χ3v) is 4.81. The van der Waals surface area contributed by atoms with Gasteiger partial charge in [-0.3, -0.25) is 4.79 Å². The summed E-state index contributed by atoms with van der Waals surface area (Å²) in [6, 6.07) is 6.78. The van der Waals surface area contributed by atoms with Gasteiger partial charge >= 0.3 is 6.18 Å². The van der Waals surface area contributed by atoms with Gasteiger partial charge in [0.1, 0.15) is 0 Å². The van der Waals surface area contributed by atoms with Crippen molar-refractivity contribution < 1.29 is 18.0 Å². The highest BCUT2D eigenvalue weighted by Crippen LogP contribution is 2.32. The summed E-state index contributed by atoms with van der Waals surface area (Å²) in [6.07, 6.45) is 0.120. The van der Waals surface area contributed by atoms with Gasteiger partial charge in [0.2, 0.25) is 5.91 Å². The molecule has 23 heavy (non-hydrogen) atoms. The summed E-state index contributed by atoms with van der Waals surface area (Å²) in [5, 5.41) is 2.99. The summed E-state index contributed by atoms with van der Waals surface area (Å²) in [7, 11) is 0. The molecule has 1 fully saturated rings. The highest BCUT2D eigenvalue weighted by molar-refractivity contribution is 7.99. The Bertz CT molecular complexity index is 514. The largest absolute Gasteiger partial charge is 0.398 e. The number of carbonyl (C=O) groups is 1. The van der Waals surface area contributed by atoms with Crippen molar-refractivity contribution in [2.45, 2.75) is 36.8 Å². The quantitative estimate of drug-likeness (QED) is 0.813. The molecular weight excluding hydrogens is 325 g/mol. The highest BCUT2D eigenvalue weighted by Gasteiger charge is 2.27. The van der Waals surface area contributed by atoms with E-state index in [-0.39, 0.29) is 12.5 Å². The number of likely N-dealkylation sites (tertiary alicyclic amines) is 1. The summed E-state index contributed by atoms with van der Waals surface area (Å²) in [5.41, 5.74) is 0.574. The van der Waals surface area contributed by atoms with Crippen molar-refractivity contribution in [3.05, 3.63) is 24.3 Å². The summed E-state index contributed by atoms with van der Waals surface area (Å²) in [4.78, 5) is 14.6. The molecule has 0 unspecified atom stereocenters. The molecule has 1 aromatic carbocycles. The number of halogens is 3. The number of anilines is 1. The molecule has 0 radical (unpaired) electrons. The van der Waals surface area contributed by atoms with E-state index in [1.54, 1.807) is 24.3 Å². The molecule has 2 rings (SSSR count). The molecular formula is C16H21F3N2OS. The van der Waals surface area contributed by atoms with E-state index in [4.69, 9.17) is 0 Å². The molecule has 0 atom stereocenters. The van der Waals surface area contributed by atoms with Gasteiger partial charge in [-0.05, 0) is 25.0 Å². The van der Waals surface area contributed by atoms with Crippen molar-refractivity contribution in [3.63, 3.8) is 0 Å². The van der Waals surface area contributed by atoms with Gasteiger partial charge in [-0.15, -0.1) is 11.8 Å². The fraction of sp³-hybridized carbons (Fsp3) is 0.562. The number of thioether (sulfide) groups is 1. The number of hydrogen-bond donors (Lipinski definition) is 1. The predicted molar refractivity (Wildman–Crippen MR) is 86.8 cm³/mol. The molecule has 1 N–H and O–H groups in total. The van der Waals surface area contributed by atoms with Gasteiger partial charge in [0.05, 0.1) is 12.3 Å². The summed E-state index contributed by atoms with van der Waals surface area (Å²) in [5.74, 6) is -0.936. The van der Waals surface area contributed by atoms with Gasteiger partial charge in [0.15, 0.2) is 0 Å². The van der Waals surface area contributed by atoms with Crippen LogP contribution >= 0.6 is 11.8 Å². The lowest BCUT2D eigenvalue weighted by molar-refractivity contribution is -0.129. The molecule has 0 saturated carbocycles. The van der Waals surface area contributed by atoms with E-state index in [1.807, 2.05) is 4.90 Å². The molecule has 0 bridgehead atoms. The monoisotopic (exact) mass is 346 g/mol. The number of para-hydroxylation sites is 1. The van der Waals surface area contributed by atoms with Crippen molar-refractivity contribution in [1.29, 1.82) is 0 Å². The number of amides is 1. The van der Waals surface area contributed by atoms with Crippen LogP contribution in [0.4, 0.5) is 18.9 Å². The van der Waals surface area contributed by atoms with Crippen molar-refractivity contribution >= 4 is 23.4 Å². The fourth-order valence-corrected chi connectivity index (χ4v) is 3.29. The Balaban J connectivity index is 1.90. The summed E-state index contributed by atoms with van der Waals surface area (Å²) >= 11 is 0.732. The second kappa shape index (κ2) is 8.47. The first-order valence-corrected chi connectivity index (χ1v) is 8.74. The van der Waals surface area contributed by atoms with E-state index in [0.717, 1.165) is 50.5 Å². The Morgan fingerprint density at radius 3 is 2.43 bits per heavy atom. The Kier molecular flexibility index (Phi) is 6.62. The van der Waals surface area contributed by atoms with Gasteiger partial charge in [-0.2, -0.15) is 13.2 Å². The maximum atomic E-state index is 12.4. The zero-order valence-electron chi connectivity index (χ0n) is 12.9. The maximum absolute atomic E-state index is 12.4. The lowest BCUT2D eigenvalue weighted by Crippen LogP contribution is -2.36. The minimum Gasteiger partial charge on any atom is -0.375 e. The molecule has 0 spiro atoms. The van der Waals surface area contributed by atoms with Gasteiger partial charge in [-0.1, -0.05) is 25.0 Å². The van der Waals surface area contributed by atoms with Crippen LogP contribution in [0.15, 0.2) is 29.2 Å². The lowest BCUT2D eigenvalue weighted by Gasteiger charge is -2.21. The smallest absolute Gasteiger partial charge is 0.375 e. The minimum atomic E-state index is -4.21. The molecule has 7 heteroatoms. The van der Waals surface area contributed by atoms with Gasteiger partial charge < -0.3 is 10.2 Å². The summed E-state index contributed by atoms with van der Waals surface area (Å²) in [6.45, 7) is 1.65. The normalized spacial score (nSPS) is 16.0. The van der Waals surface area contributed by atoms with Crippen LogP contribution in [0, 0.1) is 0 Å². The Morgan fingerprint density at radius 2 is 1.78 bits per heavy atom. The van der Waals surface area contributed by atoms with Crippen LogP contribution in [0.5, 0.6) is 0 Å². The molecule has 1 aliphatic heterocycles. The average Bonchev–Trinajstić information content (AvgIpc) is 2.80. The first-order chi connectivity index (χ1) is 11.0. The van der Waals surface area contributed by atoms with Crippen molar-refractivity contribution in [1.82, 2.24) is 4.90 Å². The lowest BCUT2D eigenvalue weighted by atomic mass is 10.2. The minimum absolute atomic E-state index is 0.00234. The highest BCUT2D eigenvalue weighted by atomic mass is 32.2. The molecule has 0 aliphatic carbocycles. The number of nitrogens with zero attached hydrogens (tertiary/aromatic N) is 1. The molecule has 0 aromatic heterocycles. The number of rotatable bonds is 5. The van der Waals surface area contributed by atoms with Crippen LogP contribution in [-0.2, 0) is 4.79 Å². The van der Waals surface area contributed by atoms with Gasteiger partial charge in [0.25, 0.3) is 0 Å². The second-order valence-electron chi connectivity index (χ2n) is 5.55. The van der Waals surface area contributed by atoms with E-state index >= 15 is 0 Å². The number of benzene rings is 1. The van der Waals surface area contributed by atoms with Crippen molar-refractivity contribution in [3.8, 4) is 0 Å². The zero-order valence-corrected chi connectivity index (χ0v) is 13.7. The van der Waals surface area contributed by atoms with E-state index in [0.29, 0.717) is 10.6 Å². The molecule has 1 amide bonds. The van der Waals surface area contributed by atoms with E-state index in [2.05, 4.69) is 5.32 Å². The van der Waals surface area contributed by atoms with Crippen LogP contribution in [0.25, 0.3) is 0 Å². The SMILES string of the molecule is O=C(CNc1ccccc1SCC(F)(F)F)N1CCCCCC1. The van der Waals surface area contributed by atoms with Gasteiger partial charge in [-0.25, -0.2) is 0 Å². The first kappa shape index (κ1) is 18.0. The molecule has 128 valence electrons. The maximum Gasteiger partial charge on any atom is 0.398 e. The average molecular weight is 346 g/mol. The topological polar surface area (TPSA) is 32.3 Å². The number of alkyl halides is 3. The van der Waals surface area contributed by atoms with Crippen LogP contribution in [-0.4, -0.2) is 42.4 Å². The van der Waals surface area contributed by atoms with Crippen molar-refractivity contribution in [2.75, 3.05) is 30.7 Å². The van der Waals surface area contributed by atoms with E-state index in [1.165, 1.54) is 0 Å². The number of hydrogen-bond acceptors (Lipinski definition) is 3. The predicted octanol–water partition coefficient (Wildman–Crippen LogP) is 4.16.